The summed E-state index contributed by atoms with van der Waals surface area (Å²) >= 11 is 0. The van der Waals surface area contributed by atoms with Gasteiger partial charge in [0.15, 0.2) is 0 Å². The van der Waals surface area contributed by atoms with E-state index in [1.807, 2.05) is 0 Å². The molecule has 0 unspecified atom stereocenters. The van der Waals surface area contributed by atoms with Gasteiger partial charge in [-0.25, -0.2) is 0 Å². The Morgan fingerprint density at radius 1 is 0.542 bits per heavy atom. The van der Waals surface area contributed by atoms with E-state index in [2.05, 4.69) is 19.2 Å². The van der Waals surface area contributed by atoms with E-state index in [1.165, 1.54) is 83.7 Å². The van der Waals surface area contributed by atoms with Crippen LogP contribution in [0.2, 0.25) is 0 Å². The van der Waals surface area contributed by atoms with Gasteiger partial charge in [0.05, 0.1) is 0 Å². The lowest BCUT2D eigenvalue weighted by Crippen LogP contribution is -2.38. The SMILES string of the molecule is CC1CCC2(CCCCC2)CC1.CC1CCC2(CCNCC2)CC1. The molecule has 3 aliphatic carbocycles. The second-order valence-electron chi connectivity index (χ2n) is 10.2. The van der Waals surface area contributed by atoms with Crippen molar-refractivity contribution >= 4 is 0 Å². The van der Waals surface area contributed by atoms with Crippen LogP contribution in [0.5, 0.6) is 0 Å². The molecule has 0 amide bonds. The highest BCUT2D eigenvalue weighted by Gasteiger charge is 2.35. The van der Waals surface area contributed by atoms with Crippen LogP contribution in [0.25, 0.3) is 0 Å². The van der Waals surface area contributed by atoms with E-state index in [0.717, 1.165) is 22.7 Å². The van der Waals surface area contributed by atoms with Crippen LogP contribution in [0.4, 0.5) is 0 Å². The van der Waals surface area contributed by atoms with Crippen LogP contribution in [-0.2, 0) is 0 Å². The molecule has 1 nitrogen and oxygen atoms in total. The van der Waals surface area contributed by atoms with E-state index in [0.29, 0.717) is 0 Å². The molecule has 4 fully saturated rings. The Morgan fingerprint density at radius 3 is 1.42 bits per heavy atom. The second-order valence-corrected chi connectivity index (χ2v) is 10.2. The quantitative estimate of drug-likeness (QED) is 0.519. The maximum atomic E-state index is 3.47. The molecule has 1 N–H and O–H groups in total. The Morgan fingerprint density at radius 2 is 0.958 bits per heavy atom. The normalized spacial score (nSPS) is 33.0. The lowest BCUT2D eigenvalue weighted by molar-refractivity contribution is 0.102. The van der Waals surface area contributed by atoms with Crippen LogP contribution in [-0.4, -0.2) is 13.1 Å². The Labute approximate surface area is 151 Å². The standard InChI is InChI=1S/C12H22.C11H21N/c1-11-5-9-12(10-6-11)7-3-2-4-8-12;1-10-2-4-11(5-3-10)6-8-12-9-7-11/h11H,2-10H2,1H3;10,12H,2-9H2,1H3. The number of nitrogens with one attached hydrogen (secondary N) is 1. The Balaban J connectivity index is 0.000000141. The first-order valence-electron chi connectivity index (χ1n) is 11.3. The molecular formula is C23H43N. The molecule has 0 radical (unpaired) electrons. The van der Waals surface area contributed by atoms with Gasteiger partial charge in [-0.05, 0) is 87.1 Å². The summed E-state index contributed by atoms with van der Waals surface area (Å²) < 4.78 is 0. The Bertz CT molecular complexity index is 306. The second kappa shape index (κ2) is 8.56. The molecule has 24 heavy (non-hydrogen) atoms. The number of hydrogen-bond acceptors (Lipinski definition) is 1. The molecular weight excluding hydrogens is 290 g/mol. The summed E-state index contributed by atoms with van der Waals surface area (Å²) in [6.07, 6.45) is 22.7. The van der Waals surface area contributed by atoms with E-state index in [-0.39, 0.29) is 0 Å². The molecule has 0 aromatic carbocycles. The molecule has 4 rings (SSSR count). The van der Waals surface area contributed by atoms with Crippen LogP contribution >= 0.6 is 0 Å². The molecule has 1 saturated heterocycles. The summed E-state index contributed by atoms with van der Waals surface area (Å²) in [4.78, 5) is 0. The lowest BCUT2D eigenvalue weighted by Gasteiger charge is -2.42. The van der Waals surface area contributed by atoms with Gasteiger partial charge >= 0.3 is 0 Å². The fourth-order valence-corrected chi connectivity index (χ4v) is 6.01. The Kier molecular flexibility index (Phi) is 6.69. The van der Waals surface area contributed by atoms with Crippen molar-refractivity contribution < 1.29 is 0 Å². The predicted molar refractivity (Wildman–Crippen MR) is 105 cm³/mol. The first-order valence-corrected chi connectivity index (χ1v) is 11.3. The molecule has 1 heterocycles. The van der Waals surface area contributed by atoms with Crippen LogP contribution in [0.3, 0.4) is 0 Å². The lowest BCUT2D eigenvalue weighted by atomic mass is 9.63. The monoisotopic (exact) mass is 333 g/mol. The third-order valence-corrected chi connectivity index (χ3v) is 8.25. The molecule has 3 saturated carbocycles. The highest BCUT2D eigenvalue weighted by Crippen LogP contribution is 2.48. The minimum absolute atomic E-state index is 0.776. The van der Waals surface area contributed by atoms with Crippen molar-refractivity contribution in [1.82, 2.24) is 5.32 Å². The van der Waals surface area contributed by atoms with Crippen molar-refractivity contribution in [2.75, 3.05) is 13.1 Å². The van der Waals surface area contributed by atoms with Crippen molar-refractivity contribution in [2.24, 2.45) is 22.7 Å². The third-order valence-electron chi connectivity index (χ3n) is 8.25. The predicted octanol–water partition coefficient (Wildman–Crippen LogP) is 6.71. The van der Waals surface area contributed by atoms with Gasteiger partial charge in [-0.2, -0.15) is 0 Å². The Hall–Kier alpha value is -0.0400. The molecule has 2 spiro atoms. The summed E-state index contributed by atoms with van der Waals surface area (Å²) in [6, 6.07) is 0. The van der Waals surface area contributed by atoms with Crippen molar-refractivity contribution in [1.29, 1.82) is 0 Å². The fraction of sp³-hybridized carbons (Fsp3) is 1.00. The smallest absolute Gasteiger partial charge is 0.00436 e. The van der Waals surface area contributed by atoms with E-state index < -0.39 is 0 Å². The van der Waals surface area contributed by atoms with Gasteiger partial charge in [0.1, 0.15) is 0 Å². The highest BCUT2D eigenvalue weighted by atomic mass is 14.9. The molecule has 4 aliphatic rings. The summed E-state index contributed by atoms with van der Waals surface area (Å²) in [5, 5.41) is 3.47. The zero-order valence-corrected chi connectivity index (χ0v) is 16.7. The van der Waals surface area contributed by atoms with Gasteiger partial charge in [0.2, 0.25) is 0 Å². The van der Waals surface area contributed by atoms with Crippen molar-refractivity contribution in [3.8, 4) is 0 Å². The van der Waals surface area contributed by atoms with Crippen LogP contribution < -0.4 is 5.32 Å². The van der Waals surface area contributed by atoms with Crippen molar-refractivity contribution in [3.05, 3.63) is 0 Å². The third kappa shape index (κ3) is 4.99. The van der Waals surface area contributed by atoms with Gasteiger partial charge in [0.25, 0.3) is 0 Å². The number of rotatable bonds is 0. The maximum Gasteiger partial charge on any atom is -0.00436 e. The van der Waals surface area contributed by atoms with E-state index >= 15 is 0 Å². The summed E-state index contributed by atoms with van der Waals surface area (Å²) in [7, 11) is 0. The molecule has 0 aromatic rings. The highest BCUT2D eigenvalue weighted by molar-refractivity contribution is 4.88. The summed E-state index contributed by atoms with van der Waals surface area (Å²) in [5.41, 5.74) is 1.61. The van der Waals surface area contributed by atoms with Gasteiger partial charge in [-0.15, -0.1) is 0 Å². The molecule has 140 valence electrons. The summed E-state index contributed by atoms with van der Waals surface area (Å²) in [6.45, 7) is 7.38. The number of hydrogen-bond donors (Lipinski definition) is 1. The maximum absolute atomic E-state index is 3.47. The minimum atomic E-state index is 0.776. The average molecular weight is 334 g/mol. The molecule has 0 atom stereocenters. The molecule has 0 aromatic heterocycles. The largest absolute Gasteiger partial charge is 0.317 e. The van der Waals surface area contributed by atoms with E-state index in [9.17, 15) is 0 Å². The molecule has 1 heteroatoms. The van der Waals surface area contributed by atoms with Crippen LogP contribution in [0, 0.1) is 22.7 Å². The fourth-order valence-electron chi connectivity index (χ4n) is 6.01. The van der Waals surface area contributed by atoms with E-state index in [4.69, 9.17) is 0 Å². The van der Waals surface area contributed by atoms with Crippen molar-refractivity contribution in [2.45, 2.75) is 110 Å². The zero-order valence-electron chi connectivity index (χ0n) is 16.7. The molecule has 0 bridgehead atoms. The van der Waals surface area contributed by atoms with Crippen molar-refractivity contribution in [3.63, 3.8) is 0 Å². The van der Waals surface area contributed by atoms with Crippen LogP contribution in [0.15, 0.2) is 0 Å². The first-order chi connectivity index (χ1) is 11.6. The molecule has 1 aliphatic heterocycles. The van der Waals surface area contributed by atoms with Crippen LogP contribution in [0.1, 0.15) is 110 Å². The number of piperidine rings is 1. The van der Waals surface area contributed by atoms with Gasteiger partial charge in [0, 0.05) is 0 Å². The van der Waals surface area contributed by atoms with Gasteiger partial charge in [-0.3, -0.25) is 0 Å². The zero-order chi connectivity index (χ0) is 16.9. The van der Waals surface area contributed by atoms with E-state index in [1.54, 1.807) is 25.7 Å². The van der Waals surface area contributed by atoms with Gasteiger partial charge < -0.3 is 5.32 Å². The summed E-state index contributed by atoms with van der Waals surface area (Å²) in [5.74, 6) is 2.03. The van der Waals surface area contributed by atoms with Gasteiger partial charge in [-0.1, -0.05) is 58.8 Å². The first kappa shape index (κ1) is 18.7. The average Bonchev–Trinajstić information content (AvgIpc) is 2.63. The topological polar surface area (TPSA) is 12.0 Å². The minimum Gasteiger partial charge on any atom is -0.317 e.